The van der Waals surface area contributed by atoms with Crippen LogP contribution in [0.4, 0.5) is 5.69 Å². The van der Waals surface area contributed by atoms with Gasteiger partial charge in [0.1, 0.15) is 0 Å². The Morgan fingerprint density at radius 3 is 2.35 bits per heavy atom. The fraction of sp³-hybridized carbons (Fsp3) is 0.368. The van der Waals surface area contributed by atoms with Gasteiger partial charge in [0.15, 0.2) is 5.78 Å². The summed E-state index contributed by atoms with van der Waals surface area (Å²) in [5, 5.41) is 4.22. The molecule has 0 radical (unpaired) electrons. The minimum Gasteiger partial charge on any atom is -0.372 e. The number of carbonyl (C=O) groups is 1. The van der Waals surface area contributed by atoms with E-state index in [0.29, 0.717) is 5.56 Å². The SMILES string of the molecule is CCN(CC)c1ccc(/C=C/C(=O)c2cnn(CC)c2C)cc1. The molecule has 23 heavy (non-hydrogen) atoms. The third kappa shape index (κ3) is 3.89. The number of rotatable bonds is 7. The van der Waals surface area contributed by atoms with Crippen LogP contribution in [-0.2, 0) is 6.54 Å². The summed E-state index contributed by atoms with van der Waals surface area (Å²) < 4.78 is 1.83. The molecule has 0 bridgehead atoms. The topological polar surface area (TPSA) is 38.1 Å². The van der Waals surface area contributed by atoms with Crippen LogP contribution in [0.2, 0.25) is 0 Å². The van der Waals surface area contributed by atoms with E-state index in [1.807, 2.05) is 36.7 Å². The van der Waals surface area contributed by atoms with E-state index in [-0.39, 0.29) is 5.78 Å². The van der Waals surface area contributed by atoms with Crippen molar-refractivity contribution < 1.29 is 4.79 Å². The Labute approximate surface area is 138 Å². The van der Waals surface area contributed by atoms with Crippen molar-refractivity contribution in [2.24, 2.45) is 0 Å². The van der Waals surface area contributed by atoms with E-state index in [1.54, 1.807) is 12.3 Å². The van der Waals surface area contributed by atoms with Gasteiger partial charge < -0.3 is 4.90 Å². The second-order valence-corrected chi connectivity index (χ2v) is 5.42. The van der Waals surface area contributed by atoms with Crippen molar-refractivity contribution in [1.82, 2.24) is 9.78 Å². The van der Waals surface area contributed by atoms with Gasteiger partial charge in [0.2, 0.25) is 0 Å². The van der Waals surface area contributed by atoms with Crippen LogP contribution in [-0.4, -0.2) is 28.7 Å². The minimum absolute atomic E-state index is 0.00461. The van der Waals surface area contributed by atoms with Crippen molar-refractivity contribution in [3.8, 4) is 0 Å². The molecule has 0 saturated heterocycles. The van der Waals surface area contributed by atoms with E-state index in [9.17, 15) is 4.79 Å². The molecule has 0 aliphatic rings. The highest BCUT2D eigenvalue weighted by Gasteiger charge is 2.10. The third-order valence-electron chi connectivity index (χ3n) is 4.12. The smallest absolute Gasteiger partial charge is 0.189 e. The Kier molecular flexibility index (Phi) is 5.74. The number of benzene rings is 1. The second-order valence-electron chi connectivity index (χ2n) is 5.42. The Morgan fingerprint density at radius 1 is 1.17 bits per heavy atom. The summed E-state index contributed by atoms with van der Waals surface area (Å²) in [4.78, 5) is 14.6. The summed E-state index contributed by atoms with van der Waals surface area (Å²) in [5.74, 6) is -0.00461. The van der Waals surface area contributed by atoms with E-state index in [2.05, 4.69) is 36.0 Å². The van der Waals surface area contributed by atoms with Gasteiger partial charge in [-0.3, -0.25) is 9.48 Å². The number of aryl methyl sites for hydroxylation is 1. The predicted octanol–water partition coefficient (Wildman–Crippen LogP) is 3.95. The van der Waals surface area contributed by atoms with Gasteiger partial charge in [0.05, 0.1) is 11.8 Å². The lowest BCUT2D eigenvalue weighted by Gasteiger charge is -2.20. The molecule has 0 aliphatic carbocycles. The van der Waals surface area contributed by atoms with E-state index in [0.717, 1.165) is 30.9 Å². The zero-order chi connectivity index (χ0) is 16.8. The Morgan fingerprint density at radius 2 is 1.83 bits per heavy atom. The van der Waals surface area contributed by atoms with Gasteiger partial charge in [0, 0.05) is 31.0 Å². The molecule has 0 aliphatic heterocycles. The van der Waals surface area contributed by atoms with Gasteiger partial charge in [-0.25, -0.2) is 0 Å². The summed E-state index contributed by atoms with van der Waals surface area (Å²) >= 11 is 0. The molecule has 122 valence electrons. The van der Waals surface area contributed by atoms with Crippen molar-refractivity contribution in [2.45, 2.75) is 34.2 Å². The fourth-order valence-corrected chi connectivity index (χ4v) is 2.65. The summed E-state index contributed by atoms with van der Waals surface area (Å²) in [6, 6.07) is 8.27. The van der Waals surface area contributed by atoms with Gasteiger partial charge in [0.25, 0.3) is 0 Å². The molecule has 0 unspecified atom stereocenters. The lowest BCUT2D eigenvalue weighted by atomic mass is 10.1. The van der Waals surface area contributed by atoms with Crippen LogP contribution in [0.1, 0.15) is 42.4 Å². The normalized spacial score (nSPS) is 11.1. The number of aromatic nitrogens is 2. The van der Waals surface area contributed by atoms with Crippen LogP contribution in [0.15, 0.2) is 36.5 Å². The number of hydrogen-bond donors (Lipinski definition) is 0. The monoisotopic (exact) mass is 311 g/mol. The number of carbonyl (C=O) groups excluding carboxylic acids is 1. The van der Waals surface area contributed by atoms with Crippen LogP contribution in [0, 0.1) is 6.92 Å². The second kappa shape index (κ2) is 7.77. The molecule has 0 fully saturated rings. The van der Waals surface area contributed by atoms with Crippen LogP contribution in [0.25, 0.3) is 6.08 Å². The molecule has 0 saturated carbocycles. The maximum Gasteiger partial charge on any atom is 0.189 e. The Bertz CT molecular complexity index is 679. The van der Waals surface area contributed by atoms with Gasteiger partial charge in [-0.05, 0) is 51.5 Å². The van der Waals surface area contributed by atoms with Crippen molar-refractivity contribution in [1.29, 1.82) is 0 Å². The Hall–Kier alpha value is -2.36. The fourth-order valence-electron chi connectivity index (χ4n) is 2.65. The maximum absolute atomic E-state index is 12.3. The van der Waals surface area contributed by atoms with Crippen LogP contribution in [0.5, 0.6) is 0 Å². The van der Waals surface area contributed by atoms with E-state index in [4.69, 9.17) is 0 Å². The molecule has 1 aromatic carbocycles. The molecule has 0 amide bonds. The van der Waals surface area contributed by atoms with Gasteiger partial charge in [-0.1, -0.05) is 18.2 Å². The summed E-state index contributed by atoms with van der Waals surface area (Å²) in [6.45, 7) is 11.0. The van der Waals surface area contributed by atoms with E-state index in [1.165, 1.54) is 5.69 Å². The molecule has 4 nitrogen and oxygen atoms in total. The van der Waals surface area contributed by atoms with Crippen molar-refractivity contribution in [3.05, 3.63) is 53.4 Å². The first-order valence-corrected chi connectivity index (χ1v) is 8.20. The van der Waals surface area contributed by atoms with Crippen molar-refractivity contribution >= 4 is 17.5 Å². The quantitative estimate of drug-likeness (QED) is 0.574. The highest BCUT2D eigenvalue weighted by Crippen LogP contribution is 2.16. The zero-order valence-electron chi connectivity index (χ0n) is 14.4. The number of hydrogen-bond acceptors (Lipinski definition) is 3. The molecule has 0 N–H and O–H groups in total. The zero-order valence-corrected chi connectivity index (χ0v) is 14.4. The van der Waals surface area contributed by atoms with E-state index < -0.39 is 0 Å². The average Bonchev–Trinajstić information content (AvgIpc) is 2.95. The molecular formula is C19H25N3O. The Balaban J connectivity index is 2.10. The molecule has 0 spiro atoms. The third-order valence-corrected chi connectivity index (χ3v) is 4.12. The first-order valence-electron chi connectivity index (χ1n) is 8.20. The molecule has 2 rings (SSSR count). The van der Waals surface area contributed by atoms with E-state index >= 15 is 0 Å². The minimum atomic E-state index is -0.00461. The highest BCUT2D eigenvalue weighted by atomic mass is 16.1. The number of ketones is 1. The number of allylic oxidation sites excluding steroid dienone is 1. The summed E-state index contributed by atoms with van der Waals surface area (Å²) in [5.41, 5.74) is 3.82. The van der Waals surface area contributed by atoms with Gasteiger partial charge in [-0.2, -0.15) is 5.10 Å². The molecule has 1 aromatic heterocycles. The van der Waals surface area contributed by atoms with Crippen molar-refractivity contribution in [2.75, 3.05) is 18.0 Å². The number of anilines is 1. The first kappa shape index (κ1) is 17.0. The summed E-state index contributed by atoms with van der Waals surface area (Å²) in [6.07, 6.45) is 5.13. The lowest BCUT2D eigenvalue weighted by Crippen LogP contribution is -2.21. The van der Waals surface area contributed by atoms with Crippen LogP contribution < -0.4 is 4.90 Å². The predicted molar refractivity (Wildman–Crippen MR) is 96.0 cm³/mol. The largest absolute Gasteiger partial charge is 0.372 e. The molecule has 2 aromatic rings. The highest BCUT2D eigenvalue weighted by molar-refractivity contribution is 6.07. The molecule has 1 heterocycles. The lowest BCUT2D eigenvalue weighted by molar-refractivity contribution is 0.104. The molecule has 4 heteroatoms. The molecule has 0 atom stereocenters. The number of nitrogens with zero attached hydrogens (tertiary/aromatic N) is 3. The standard InChI is InChI=1S/C19H25N3O/c1-5-21(6-2)17-11-8-16(9-12-17)10-13-19(23)18-14-20-22(7-3)15(18)4/h8-14H,5-7H2,1-4H3/b13-10+. The molecular weight excluding hydrogens is 286 g/mol. The average molecular weight is 311 g/mol. The maximum atomic E-state index is 12.3. The van der Waals surface area contributed by atoms with Crippen molar-refractivity contribution in [3.63, 3.8) is 0 Å². The van der Waals surface area contributed by atoms with Gasteiger partial charge in [-0.15, -0.1) is 0 Å². The summed E-state index contributed by atoms with van der Waals surface area (Å²) in [7, 11) is 0. The van der Waals surface area contributed by atoms with Gasteiger partial charge >= 0.3 is 0 Å². The first-order chi connectivity index (χ1) is 11.1. The van der Waals surface area contributed by atoms with Crippen LogP contribution in [0.3, 0.4) is 0 Å². The van der Waals surface area contributed by atoms with Crippen LogP contribution >= 0.6 is 0 Å².